The van der Waals surface area contributed by atoms with E-state index in [4.69, 9.17) is 24.4 Å². The summed E-state index contributed by atoms with van der Waals surface area (Å²) >= 11 is 0. The van der Waals surface area contributed by atoms with Crippen LogP contribution in [0.3, 0.4) is 0 Å². The monoisotopic (exact) mass is 1090 g/mol. The molecule has 1 saturated carbocycles. The molecule has 1 aliphatic carbocycles. The summed E-state index contributed by atoms with van der Waals surface area (Å²) in [5.41, 5.74) is 16.5. The van der Waals surface area contributed by atoms with Gasteiger partial charge in [0.15, 0.2) is 0 Å². The second-order valence-corrected chi connectivity index (χ2v) is 25.0. The van der Waals surface area contributed by atoms with Gasteiger partial charge in [0.25, 0.3) is 0 Å². The van der Waals surface area contributed by atoms with Crippen LogP contribution in [0.4, 0.5) is 0 Å². The third kappa shape index (κ3) is 9.26. The summed E-state index contributed by atoms with van der Waals surface area (Å²) in [4.78, 5) is 19.7. The summed E-state index contributed by atoms with van der Waals surface area (Å²) in [5, 5.41) is 4.55. The maximum Gasteiger partial charge on any atom is 0.216 e. The maximum atomic E-state index is 6.47. The number of para-hydroxylation sites is 1. The SMILES string of the molecule is CC(C)Cc1cc(-c2[c-]ccc(C3CCCCC3)c2)ncc1[Si](C)(C)C.Cc1ccc2c(ccc3nc(-c4[c-]ccc5c4oc4nc(C)c(C)cc45)n(-c4ccccc4-c4ccccc4)c32)n1.[Ir]. The Balaban J connectivity index is 0.000000186. The molecule has 1 aliphatic rings. The van der Waals surface area contributed by atoms with Crippen LogP contribution in [-0.4, -0.2) is 32.6 Å². The van der Waals surface area contributed by atoms with Gasteiger partial charge in [-0.3, -0.25) is 9.97 Å². The predicted octanol–water partition coefficient (Wildman–Crippen LogP) is 15.3. The zero-order valence-corrected chi connectivity index (χ0v) is 43.9. The Morgan fingerprint density at radius 3 is 2.26 bits per heavy atom. The fourth-order valence-corrected chi connectivity index (χ4v) is 11.7. The number of hydrogen-bond acceptors (Lipinski definition) is 5. The second-order valence-electron chi connectivity index (χ2n) is 20.0. The molecule has 0 amide bonds. The first-order chi connectivity index (χ1) is 32.4. The predicted molar refractivity (Wildman–Crippen MR) is 281 cm³/mol. The summed E-state index contributed by atoms with van der Waals surface area (Å²) in [5.74, 6) is 2.15. The summed E-state index contributed by atoms with van der Waals surface area (Å²) < 4.78 is 8.72. The van der Waals surface area contributed by atoms with Gasteiger partial charge in [0.05, 0.1) is 36.0 Å². The van der Waals surface area contributed by atoms with Crippen LogP contribution in [0.1, 0.15) is 79.9 Å². The summed E-state index contributed by atoms with van der Waals surface area (Å²) in [6.07, 6.45) is 10.1. The molecule has 0 spiro atoms. The third-order valence-corrected chi connectivity index (χ3v) is 15.6. The number of benzene rings is 5. The standard InChI is InChI=1S/C36H25N4O.C24H34NSi.Ir/c1-21-20-29-26-13-9-14-28(34(26)41-36(29)38-23(21)3)35-39-31-19-18-30-27(17-16-22(2)37-30)33(31)40(35)32-15-8-7-12-25(32)24-10-5-4-6-11-24;1-18(2)14-22-16-23(25-17-24(22)26(3,4)5)21-13-9-12-20(15-21)19-10-7-6-8-11-19;/h4-13,15-20H,1-3H3;9,12,15-19H,6-8,10-11,14H2,1-5H3;/q2*-1;. The molecule has 0 N–H and O–H groups in total. The average molecular weight is 1090 g/mol. The number of nitrogens with zero attached hydrogens (tertiary/aromatic N) is 5. The van der Waals surface area contributed by atoms with Crippen molar-refractivity contribution in [2.75, 3.05) is 0 Å². The molecule has 0 unspecified atom stereocenters. The second kappa shape index (κ2) is 19.5. The summed E-state index contributed by atoms with van der Waals surface area (Å²) in [6.45, 7) is 18.0. The first-order valence-corrected chi connectivity index (χ1v) is 27.6. The van der Waals surface area contributed by atoms with Gasteiger partial charge in [0.1, 0.15) is 0 Å². The molecule has 1 radical (unpaired) electrons. The summed E-state index contributed by atoms with van der Waals surface area (Å²) in [6, 6.07) is 49.4. The Labute approximate surface area is 415 Å². The first-order valence-electron chi connectivity index (χ1n) is 24.1. The number of aromatic nitrogens is 5. The van der Waals surface area contributed by atoms with E-state index in [9.17, 15) is 0 Å². The van der Waals surface area contributed by atoms with E-state index in [0.29, 0.717) is 11.6 Å². The molecule has 6 nitrogen and oxygen atoms in total. The molecular weight excluding hydrogens is 1030 g/mol. The molecule has 0 atom stereocenters. The fourth-order valence-electron chi connectivity index (χ4n) is 10.1. The van der Waals surface area contributed by atoms with Crippen LogP contribution >= 0.6 is 0 Å². The van der Waals surface area contributed by atoms with Gasteiger partial charge < -0.3 is 14.0 Å². The zero-order valence-electron chi connectivity index (χ0n) is 40.5. The third-order valence-electron chi connectivity index (χ3n) is 13.5. The van der Waals surface area contributed by atoms with Gasteiger partial charge in [-0.1, -0.05) is 124 Å². The first kappa shape index (κ1) is 47.0. The molecule has 8 heteroatoms. The smallest absolute Gasteiger partial charge is 0.216 e. The van der Waals surface area contributed by atoms with E-state index in [1.807, 2.05) is 32.0 Å². The number of imidazole rings is 1. The van der Waals surface area contributed by atoms with E-state index in [1.54, 1.807) is 0 Å². The Morgan fingerprint density at radius 2 is 1.49 bits per heavy atom. The van der Waals surface area contributed by atoms with Crippen LogP contribution in [0, 0.1) is 38.8 Å². The normalized spacial score (nSPS) is 13.3. The minimum atomic E-state index is -1.38. The van der Waals surface area contributed by atoms with E-state index in [2.05, 4.69) is 166 Å². The van der Waals surface area contributed by atoms with Crippen molar-refractivity contribution >= 4 is 57.3 Å². The van der Waals surface area contributed by atoms with Gasteiger partial charge in [-0.05, 0) is 110 Å². The number of hydrogen-bond donors (Lipinski definition) is 0. The Hall–Kier alpha value is -6.05. The van der Waals surface area contributed by atoms with Gasteiger partial charge in [-0.15, -0.1) is 53.6 Å². The van der Waals surface area contributed by atoms with E-state index < -0.39 is 8.07 Å². The molecule has 10 aromatic rings. The number of pyridine rings is 3. The summed E-state index contributed by atoms with van der Waals surface area (Å²) in [7, 11) is -1.38. The number of fused-ring (bicyclic) bond motifs is 6. The van der Waals surface area contributed by atoms with Crippen molar-refractivity contribution in [1.29, 1.82) is 0 Å². The van der Waals surface area contributed by atoms with Crippen molar-refractivity contribution in [1.82, 2.24) is 24.5 Å². The van der Waals surface area contributed by atoms with Crippen LogP contribution in [0.25, 0.3) is 83.5 Å². The quantitative estimate of drug-likeness (QED) is 0.112. The van der Waals surface area contributed by atoms with E-state index in [1.165, 1.54) is 54.0 Å². The minimum Gasteiger partial charge on any atom is -0.486 e. The van der Waals surface area contributed by atoms with Crippen LogP contribution in [0.2, 0.25) is 19.6 Å². The van der Waals surface area contributed by atoms with Crippen LogP contribution in [-0.2, 0) is 26.5 Å². The van der Waals surface area contributed by atoms with Gasteiger partial charge in [0, 0.05) is 59.7 Å². The van der Waals surface area contributed by atoms with Crippen LogP contribution in [0.15, 0.2) is 132 Å². The van der Waals surface area contributed by atoms with Crippen molar-refractivity contribution in [2.45, 2.75) is 98.7 Å². The largest absolute Gasteiger partial charge is 0.486 e. The minimum absolute atomic E-state index is 0. The van der Waals surface area contributed by atoms with Crippen molar-refractivity contribution in [3.8, 4) is 39.5 Å². The average Bonchev–Trinajstić information content (AvgIpc) is 3.90. The molecule has 1 fully saturated rings. The van der Waals surface area contributed by atoms with Gasteiger partial charge in [0.2, 0.25) is 5.71 Å². The van der Waals surface area contributed by atoms with Crippen molar-refractivity contribution in [3.05, 3.63) is 168 Å². The van der Waals surface area contributed by atoms with E-state index in [-0.39, 0.29) is 20.1 Å². The van der Waals surface area contributed by atoms with Gasteiger partial charge >= 0.3 is 0 Å². The van der Waals surface area contributed by atoms with E-state index >= 15 is 0 Å². The fraction of sp³-hybridized carbons (Fsp3) is 0.267. The Morgan fingerprint density at radius 1 is 0.735 bits per heavy atom. The molecular formula is C60H59IrN5OSi-2. The number of aryl methyl sites for hydroxylation is 3. The molecule has 5 aromatic heterocycles. The molecule has 11 rings (SSSR count). The van der Waals surface area contributed by atoms with E-state index in [0.717, 1.165) is 101 Å². The molecule has 5 heterocycles. The van der Waals surface area contributed by atoms with Crippen molar-refractivity contribution in [2.24, 2.45) is 5.92 Å². The molecule has 345 valence electrons. The van der Waals surface area contributed by atoms with Crippen molar-refractivity contribution < 1.29 is 24.5 Å². The Kier molecular flexibility index (Phi) is 13.5. The Bertz CT molecular complexity index is 3430. The van der Waals surface area contributed by atoms with Crippen LogP contribution in [0.5, 0.6) is 0 Å². The van der Waals surface area contributed by atoms with Gasteiger partial charge in [-0.25, -0.2) is 4.98 Å². The topological polar surface area (TPSA) is 69.6 Å². The van der Waals surface area contributed by atoms with Crippen LogP contribution < -0.4 is 5.19 Å². The number of furan rings is 1. The van der Waals surface area contributed by atoms with Crippen molar-refractivity contribution in [3.63, 3.8) is 0 Å². The molecule has 0 aliphatic heterocycles. The maximum absolute atomic E-state index is 6.47. The molecule has 0 saturated heterocycles. The molecule has 68 heavy (non-hydrogen) atoms. The zero-order chi connectivity index (χ0) is 46.4. The molecule has 0 bridgehead atoms. The molecule has 5 aromatic carbocycles. The number of rotatable bonds is 8. The van der Waals surface area contributed by atoms with Gasteiger partial charge in [-0.2, -0.15) is 0 Å².